The van der Waals surface area contributed by atoms with Crippen LogP contribution in [0.5, 0.6) is 5.75 Å². The highest BCUT2D eigenvalue weighted by molar-refractivity contribution is 7.92. The summed E-state index contributed by atoms with van der Waals surface area (Å²) in [5.74, 6) is 0.670. The van der Waals surface area contributed by atoms with Crippen molar-refractivity contribution in [3.05, 3.63) is 54.1 Å². The van der Waals surface area contributed by atoms with E-state index in [1.807, 2.05) is 26.1 Å². The first-order chi connectivity index (χ1) is 13.9. The van der Waals surface area contributed by atoms with Crippen LogP contribution in [-0.4, -0.2) is 60.5 Å². The number of nitrogens with zero attached hydrogens (tertiary/aromatic N) is 1. The molecular formula is C20H29N3O5S2. The number of sulfonamides is 2. The summed E-state index contributed by atoms with van der Waals surface area (Å²) in [5, 5.41) is 0. The number of benzene rings is 2. The summed E-state index contributed by atoms with van der Waals surface area (Å²) in [7, 11) is -4.55. The maximum Gasteiger partial charge on any atom is 0.229 e. The molecule has 0 fully saturated rings. The lowest BCUT2D eigenvalue weighted by atomic mass is 10.1. The third-order valence-electron chi connectivity index (χ3n) is 4.10. The van der Waals surface area contributed by atoms with Crippen LogP contribution in [-0.2, 0) is 26.5 Å². The quantitative estimate of drug-likeness (QED) is 0.539. The molecule has 0 spiro atoms. The van der Waals surface area contributed by atoms with Gasteiger partial charge in [0.1, 0.15) is 11.9 Å². The Kier molecular flexibility index (Phi) is 8.10. The van der Waals surface area contributed by atoms with Gasteiger partial charge in [0, 0.05) is 24.5 Å². The van der Waals surface area contributed by atoms with Crippen molar-refractivity contribution in [1.29, 1.82) is 0 Å². The molecule has 30 heavy (non-hydrogen) atoms. The van der Waals surface area contributed by atoms with E-state index in [9.17, 15) is 16.8 Å². The Bertz CT molecular complexity index is 1020. The molecule has 0 aliphatic rings. The predicted octanol–water partition coefficient (Wildman–Crippen LogP) is 2.37. The number of hydrogen-bond donors (Lipinski definition) is 2. The van der Waals surface area contributed by atoms with E-state index >= 15 is 0 Å². The third-order valence-corrected chi connectivity index (χ3v) is 5.32. The average molecular weight is 456 g/mol. The van der Waals surface area contributed by atoms with Gasteiger partial charge in [-0.15, -0.1) is 0 Å². The molecule has 2 aromatic carbocycles. The maximum atomic E-state index is 11.2. The molecular weight excluding hydrogens is 426 g/mol. The maximum absolute atomic E-state index is 11.2. The Morgan fingerprint density at radius 1 is 0.867 bits per heavy atom. The molecule has 2 rings (SSSR count). The standard InChI is InChI=1S/C20H29N3O5S2/c1-16(28-20-11-9-19(10-12-20)22-30(4,26)27)15-23(2)14-13-17-5-7-18(8-6-17)21-29(3,24)25/h5-12,16,21-22H,13-15H2,1-4H3. The van der Waals surface area contributed by atoms with Crippen LogP contribution in [0, 0.1) is 0 Å². The smallest absolute Gasteiger partial charge is 0.229 e. The van der Waals surface area contributed by atoms with Crippen LogP contribution >= 0.6 is 0 Å². The number of ether oxygens (including phenoxy) is 1. The lowest BCUT2D eigenvalue weighted by Crippen LogP contribution is -2.32. The molecule has 0 saturated heterocycles. The van der Waals surface area contributed by atoms with Gasteiger partial charge < -0.3 is 9.64 Å². The SMILES string of the molecule is CC(CN(C)CCc1ccc(NS(C)(=O)=O)cc1)Oc1ccc(NS(C)(=O)=O)cc1. The molecule has 2 aromatic rings. The molecule has 2 N–H and O–H groups in total. The molecule has 0 amide bonds. The van der Waals surface area contributed by atoms with Crippen LogP contribution in [0.4, 0.5) is 11.4 Å². The normalized spacial score (nSPS) is 13.1. The number of likely N-dealkylation sites (N-methyl/N-ethyl adjacent to an activating group) is 1. The van der Waals surface area contributed by atoms with E-state index < -0.39 is 20.0 Å². The average Bonchev–Trinajstić information content (AvgIpc) is 2.60. The molecule has 166 valence electrons. The van der Waals surface area contributed by atoms with Gasteiger partial charge in [-0.05, 0) is 62.4 Å². The van der Waals surface area contributed by atoms with E-state index in [2.05, 4.69) is 14.3 Å². The number of rotatable bonds is 11. The molecule has 0 radical (unpaired) electrons. The summed E-state index contributed by atoms with van der Waals surface area (Å²) >= 11 is 0. The van der Waals surface area contributed by atoms with E-state index in [1.54, 1.807) is 36.4 Å². The molecule has 10 heteroatoms. The highest BCUT2D eigenvalue weighted by Gasteiger charge is 2.09. The molecule has 0 heterocycles. The van der Waals surface area contributed by atoms with Crippen molar-refractivity contribution in [2.45, 2.75) is 19.4 Å². The summed E-state index contributed by atoms with van der Waals surface area (Å²) in [5.41, 5.74) is 2.16. The van der Waals surface area contributed by atoms with Gasteiger partial charge in [0.2, 0.25) is 20.0 Å². The van der Waals surface area contributed by atoms with Crippen LogP contribution < -0.4 is 14.2 Å². The summed E-state index contributed by atoms with van der Waals surface area (Å²) in [6.45, 7) is 3.52. The number of anilines is 2. The molecule has 0 aliphatic carbocycles. The third kappa shape index (κ3) is 9.47. The molecule has 0 bridgehead atoms. The van der Waals surface area contributed by atoms with Crippen molar-refractivity contribution < 1.29 is 21.6 Å². The van der Waals surface area contributed by atoms with Gasteiger partial charge in [0.05, 0.1) is 12.5 Å². The molecule has 1 atom stereocenters. The van der Waals surface area contributed by atoms with Gasteiger partial charge in [-0.2, -0.15) is 0 Å². The first kappa shape index (κ1) is 24.0. The molecule has 8 nitrogen and oxygen atoms in total. The van der Waals surface area contributed by atoms with Crippen molar-refractivity contribution in [3.63, 3.8) is 0 Å². The summed E-state index contributed by atoms with van der Waals surface area (Å²) in [4.78, 5) is 2.16. The monoisotopic (exact) mass is 455 g/mol. The second kappa shape index (κ2) is 10.1. The zero-order valence-corrected chi connectivity index (χ0v) is 19.3. The fraction of sp³-hybridized carbons (Fsp3) is 0.400. The van der Waals surface area contributed by atoms with E-state index in [4.69, 9.17) is 4.74 Å². The van der Waals surface area contributed by atoms with Crippen LogP contribution in [0.3, 0.4) is 0 Å². The number of hydrogen-bond acceptors (Lipinski definition) is 6. The second-order valence-corrected chi connectivity index (χ2v) is 10.9. The van der Waals surface area contributed by atoms with Gasteiger partial charge in [0.15, 0.2) is 0 Å². The molecule has 0 aliphatic heterocycles. The Hall–Kier alpha value is -2.30. The topological polar surface area (TPSA) is 105 Å². The largest absolute Gasteiger partial charge is 0.489 e. The minimum absolute atomic E-state index is 0.0509. The Labute approximate surface area is 179 Å². The fourth-order valence-electron chi connectivity index (χ4n) is 2.89. The van der Waals surface area contributed by atoms with Gasteiger partial charge in [0.25, 0.3) is 0 Å². The van der Waals surface area contributed by atoms with E-state index in [0.29, 0.717) is 17.1 Å². The van der Waals surface area contributed by atoms with Crippen LogP contribution in [0.25, 0.3) is 0 Å². The first-order valence-corrected chi connectivity index (χ1v) is 13.2. The van der Waals surface area contributed by atoms with Gasteiger partial charge in [-0.1, -0.05) is 12.1 Å². The van der Waals surface area contributed by atoms with E-state index in [1.165, 1.54) is 0 Å². The zero-order valence-electron chi connectivity index (χ0n) is 17.6. The van der Waals surface area contributed by atoms with Crippen molar-refractivity contribution in [2.75, 3.05) is 42.1 Å². The van der Waals surface area contributed by atoms with Crippen molar-refractivity contribution in [1.82, 2.24) is 4.90 Å². The Morgan fingerprint density at radius 3 is 1.80 bits per heavy atom. The summed E-state index contributed by atoms with van der Waals surface area (Å²) in [6.07, 6.45) is 3.01. The highest BCUT2D eigenvalue weighted by atomic mass is 32.2. The lowest BCUT2D eigenvalue weighted by Gasteiger charge is -2.22. The Balaban J connectivity index is 1.78. The van der Waals surface area contributed by atoms with Crippen LogP contribution in [0.15, 0.2) is 48.5 Å². The zero-order chi connectivity index (χ0) is 22.4. The lowest BCUT2D eigenvalue weighted by molar-refractivity contribution is 0.163. The molecule has 0 aromatic heterocycles. The summed E-state index contributed by atoms with van der Waals surface area (Å²) in [6, 6.07) is 14.1. The van der Waals surface area contributed by atoms with Gasteiger partial charge >= 0.3 is 0 Å². The van der Waals surface area contributed by atoms with Crippen molar-refractivity contribution >= 4 is 31.4 Å². The minimum atomic E-state index is -3.30. The number of nitrogens with one attached hydrogen (secondary N) is 2. The minimum Gasteiger partial charge on any atom is -0.489 e. The van der Waals surface area contributed by atoms with Gasteiger partial charge in [-0.25, -0.2) is 16.8 Å². The Morgan fingerprint density at radius 2 is 1.33 bits per heavy atom. The van der Waals surface area contributed by atoms with Crippen molar-refractivity contribution in [3.8, 4) is 5.75 Å². The highest BCUT2D eigenvalue weighted by Crippen LogP contribution is 2.18. The van der Waals surface area contributed by atoms with E-state index in [-0.39, 0.29) is 6.10 Å². The molecule has 0 saturated carbocycles. The predicted molar refractivity (Wildman–Crippen MR) is 121 cm³/mol. The van der Waals surface area contributed by atoms with Crippen LogP contribution in [0.2, 0.25) is 0 Å². The fourth-order valence-corrected chi connectivity index (χ4v) is 4.02. The van der Waals surface area contributed by atoms with E-state index in [0.717, 1.165) is 37.6 Å². The second-order valence-electron chi connectivity index (χ2n) is 7.41. The van der Waals surface area contributed by atoms with Gasteiger partial charge in [-0.3, -0.25) is 9.44 Å². The van der Waals surface area contributed by atoms with Crippen LogP contribution in [0.1, 0.15) is 12.5 Å². The molecule has 1 unspecified atom stereocenters. The first-order valence-electron chi connectivity index (χ1n) is 9.39. The summed E-state index contributed by atoms with van der Waals surface area (Å²) < 4.78 is 55.8. The van der Waals surface area contributed by atoms with Crippen molar-refractivity contribution in [2.24, 2.45) is 0 Å².